The lowest BCUT2D eigenvalue weighted by molar-refractivity contribution is 0.409. The molecule has 1 nitrogen and oxygen atoms in total. The summed E-state index contributed by atoms with van der Waals surface area (Å²) >= 11 is 2.04. The van der Waals surface area contributed by atoms with Crippen molar-refractivity contribution in [2.24, 2.45) is 5.92 Å². The first-order valence-corrected chi connectivity index (χ1v) is 6.55. The van der Waals surface area contributed by atoms with E-state index in [1.807, 2.05) is 11.3 Å². The highest BCUT2D eigenvalue weighted by molar-refractivity contribution is 7.12. The van der Waals surface area contributed by atoms with Crippen molar-refractivity contribution in [3.8, 4) is 0 Å². The first-order valence-electron chi connectivity index (χ1n) is 5.73. The normalized spacial score (nSPS) is 30.1. The summed E-state index contributed by atoms with van der Waals surface area (Å²) in [6.07, 6.45) is 5.34. The van der Waals surface area contributed by atoms with Crippen LogP contribution < -0.4 is 5.32 Å². The van der Waals surface area contributed by atoms with E-state index < -0.39 is 0 Å². The van der Waals surface area contributed by atoms with Gasteiger partial charge in [-0.3, -0.25) is 0 Å². The minimum Gasteiger partial charge on any atom is -0.310 e. The third-order valence-electron chi connectivity index (χ3n) is 3.67. The van der Waals surface area contributed by atoms with Gasteiger partial charge in [0.05, 0.1) is 0 Å². The van der Waals surface area contributed by atoms with Gasteiger partial charge >= 0.3 is 0 Å². The lowest BCUT2D eigenvalue weighted by atomic mass is 9.84. The van der Waals surface area contributed by atoms with Crippen LogP contribution in [0.5, 0.6) is 0 Å². The Balaban J connectivity index is 2.00. The first-order chi connectivity index (χ1) is 6.88. The van der Waals surface area contributed by atoms with Gasteiger partial charge in [-0.25, -0.2) is 0 Å². The molecular weight excluding hydrogens is 190 g/mol. The summed E-state index contributed by atoms with van der Waals surface area (Å²) in [5, 5.41) is 3.66. The molecule has 1 saturated heterocycles. The van der Waals surface area contributed by atoms with E-state index in [9.17, 15) is 0 Å². The van der Waals surface area contributed by atoms with E-state index in [0.29, 0.717) is 6.04 Å². The van der Waals surface area contributed by atoms with E-state index in [4.69, 9.17) is 0 Å². The Kier molecular flexibility index (Phi) is 2.14. The summed E-state index contributed by atoms with van der Waals surface area (Å²) in [5.41, 5.74) is 1.64. The number of rotatable bonds is 1. The average Bonchev–Trinajstić information content (AvgIpc) is 2.82. The van der Waals surface area contributed by atoms with Crippen LogP contribution in [0, 0.1) is 5.92 Å². The summed E-state index contributed by atoms with van der Waals surface area (Å²) in [7, 11) is 0. The van der Waals surface area contributed by atoms with Crippen LogP contribution in [0.3, 0.4) is 0 Å². The van der Waals surface area contributed by atoms with Gasteiger partial charge in [-0.2, -0.15) is 0 Å². The summed E-state index contributed by atoms with van der Waals surface area (Å²) < 4.78 is 0. The molecule has 2 unspecified atom stereocenters. The van der Waals surface area contributed by atoms with Crippen LogP contribution in [0.2, 0.25) is 0 Å². The molecule has 1 aliphatic carbocycles. The lowest BCUT2D eigenvalue weighted by Crippen LogP contribution is -2.22. The standard InChI is InChI=1S/C12H17NS/c1-2-9-7-10-11(14-9)4-3-8-5-6-13-12(8)10/h7-8,12-13H,2-6H2,1H3. The topological polar surface area (TPSA) is 12.0 Å². The Labute approximate surface area is 89.5 Å². The zero-order chi connectivity index (χ0) is 9.54. The van der Waals surface area contributed by atoms with Crippen LogP contribution in [-0.4, -0.2) is 6.54 Å². The number of hydrogen-bond donors (Lipinski definition) is 1. The zero-order valence-corrected chi connectivity index (χ0v) is 9.49. The molecule has 2 heteroatoms. The van der Waals surface area contributed by atoms with Crippen LogP contribution in [-0.2, 0) is 12.8 Å². The smallest absolute Gasteiger partial charge is 0.0360 e. The highest BCUT2D eigenvalue weighted by Crippen LogP contribution is 2.42. The van der Waals surface area contributed by atoms with Gasteiger partial charge in [0.2, 0.25) is 0 Å². The number of aryl methyl sites for hydroxylation is 2. The highest BCUT2D eigenvalue weighted by Gasteiger charge is 2.34. The molecule has 3 rings (SSSR count). The van der Waals surface area contributed by atoms with Gasteiger partial charge in [0, 0.05) is 15.8 Å². The van der Waals surface area contributed by atoms with Gasteiger partial charge in [0.15, 0.2) is 0 Å². The maximum Gasteiger partial charge on any atom is 0.0360 e. The number of thiophene rings is 1. The molecule has 0 spiro atoms. The van der Waals surface area contributed by atoms with Gasteiger partial charge in [0.25, 0.3) is 0 Å². The Morgan fingerprint density at radius 2 is 2.43 bits per heavy atom. The molecular formula is C12H17NS. The van der Waals surface area contributed by atoms with E-state index in [-0.39, 0.29) is 0 Å². The van der Waals surface area contributed by atoms with Crippen molar-refractivity contribution in [2.75, 3.05) is 6.54 Å². The molecule has 0 saturated carbocycles. The molecule has 2 aliphatic rings. The number of hydrogen-bond acceptors (Lipinski definition) is 2. The van der Waals surface area contributed by atoms with Crippen LogP contribution >= 0.6 is 11.3 Å². The van der Waals surface area contributed by atoms with Gasteiger partial charge in [-0.05, 0) is 49.8 Å². The molecule has 76 valence electrons. The van der Waals surface area contributed by atoms with Crippen molar-refractivity contribution in [3.05, 3.63) is 21.4 Å². The quantitative estimate of drug-likeness (QED) is 0.746. The van der Waals surface area contributed by atoms with E-state index in [2.05, 4.69) is 18.3 Å². The minimum atomic E-state index is 0.704. The van der Waals surface area contributed by atoms with Crippen LogP contribution in [0.15, 0.2) is 6.07 Å². The second-order valence-corrected chi connectivity index (χ2v) is 5.69. The maximum absolute atomic E-state index is 3.66. The Morgan fingerprint density at radius 1 is 1.50 bits per heavy atom. The van der Waals surface area contributed by atoms with Crippen LogP contribution in [0.1, 0.15) is 41.1 Å². The zero-order valence-electron chi connectivity index (χ0n) is 8.68. The summed E-state index contributed by atoms with van der Waals surface area (Å²) in [4.78, 5) is 3.24. The molecule has 0 radical (unpaired) electrons. The number of nitrogens with one attached hydrogen (secondary N) is 1. The SMILES string of the molecule is CCc1cc2c(s1)CCC1CCNC21. The van der Waals surface area contributed by atoms with Crippen LogP contribution in [0.4, 0.5) is 0 Å². The Morgan fingerprint density at radius 3 is 3.29 bits per heavy atom. The monoisotopic (exact) mass is 207 g/mol. The summed E-state index contributed by atoms with van der Waals surface area (Å²) in [5.74, 6) is 0.932. The highest BCUT2D eigenvalue weighted by atomic mass is 32.1. The third-order valence-corrected chi connectivity index (χ3v) is 5.02. The minimum absolute atomic E-state index is 0.704. The molecule has 0 amide bonds. The molecule has 2 atom stereocenters. The molecule has 1 aromatic heterocycles. The maximum atomic E-state index is 3.66. The van der Waals surface area contributed by atoms with Crippen molar-refractivity contribution in [3.63, 3.8) is 0 Å². The molecule has 0 aromatic carbocycles. The largest absolute Gasteiger partial charge is 0.310 e. The van der Waals surface area contributed by atoms with E-state index >= 15 is 0 Å². The van der Waals surface area contributed by atoms with Gasteiger partial charge in [0.1, 0.15) is 0 Å². The lowest BCUT2D eigenvalue weighted by Gasteiger charge is -2.25. The second kappa shape index (κ2) is 3.35. The first kappa shape index (κ1) is 8.93. The molecule has 1 aromatic rings. The summed E-state index contributed by atoms with van der Waals surface area (Å²) in [6.45, 7) is 3.49. The number of fused-ring (bicyclic) bond motifs is 3. The van der Waals surface area contributed by atoms with Crippen molar-refractivity contribution in [1.29, 1.82) is 0 Å². The second-order valence-electron chi connectivity index (χ2n) is 4.46. The molecule has 0 bridgehead atoms. The fourth-order valence-electron chi connectivity index (χ4n) is 2.88. The third kappa shape index (κ3) is 1.24. The fraction of sp³-hybridized carbons (Fsp3) is 0.667. The van der Waals surface area contributed by atoms with Crippen LogP contribution in [0.25, 0.3) is 0 Å². The average molecular weight is 207 g/mol. The van der Waals surface area contributed by atoms with Gasteiger partial charge in [-0.1, -0.05) is 6.92 Å². The van der Waals surface area contributed by atoms with Gasteiger partial charge < -0.3 is 5.32 Å². The molecule has 1 aliphatic heterocycles. The Bertz CT molecular complexity index is 342. The molecule has 1 fully saturated rings. The van der Waals surface area contributed by atoms with E-state index in [1.165, 1.54) is 32.2 Å². The van der Waals surface area contributed by atoms with E-state index in [0.717, 1.165) is 5.92 Å². The predicted octanol–water partition coefficient (Wildman–Crippen LogP) is 2.91. The van der Waals surface area contributed by atoms with Gasteiger partial charge in [-0.15, -0.1) is 11.3 Å². The predicted molar refractivity (Wildman–Crippen MR) is 60.9 cm³/mol. The molecule has 1 N–H and O–H groups in total. The van der Waals surface area contributed by atoms with Crippen molar-refractivity contribution in [2.45, 2.75) is 38.6 Å². The fourth-order valence-corrected chi connectivity index (χ4v) is 4.05. The van der Waals surface area contributed by atoms with Crippen molar-refractivity contribution in [1.82, 2.24) is 5.32 Å². The summed E-state index contributed by atoms with van der Waals surface area (Å²) in [6, 6.07) is 3.16. The Hall–Kier alpha value is -0.340. The van der Waals surface area contributed by atoms with Crippen molar-refractivity contribution < 1.29 is 0 Å². The molecule has 14 heavy (non-hydrogen) atoms. The molecule has 2 heterocycles. The van der Waals surface area contributed by atoms with E-state index in [1.54, 1.807) is 15.3 Å². The van der Waals surface area contributed by atoms with Crippen molar-refractivity contribution >= 4 is 11.3 Å².